The van der Waals surface area contributed by atoms with Crippen molar-refractivity contribution < 1.29 is 0 Å². The molecule has 5 aliphatic rings. The first-order chi connectivity index (χ1) is 14.7. The Bertz CT molecular complexity index is 678. The molecule has 5 fully saturated rings. The van der Waals surface area contributed by atoms with E-state index >= 15 is 0 Å². The van der Waals surface area contributed by atoms with E-state index in [1.54, 1.807) is 0 Å². The molecule has 0 spiro atoms. The van der Waals surface area contributed by atoms with Crippen molar-refractivity contribution in [1.82, 2.24) is 29.4 Å². The summed E-state index contributed by atoms with van der Waals surface area (Å²) in [5.41, 5.74) is 0. The molecule has 0 saturated carbocycles. The molecule has 0 aromatic heterocycles. The van der Waals surface area contributed by atoms with Gasteiger partial charge in [-0.3, -0.25) is 0 Å². The summed E-state index contributed by atoms with van der Waals surface area (Å²) in [4.78, 5) is 15.3. The second kappa shape index (κ2) is 8.17. The van der Waals surface area contributed by atoms with Gasteiger partial charge >= 0.3 is 0 Å². The molecule has 0 N–H and O–H groups in total. The first-order valence-corrected chi connectivity index (χ1v) is 11.1. The van der Waals surface area contributed by atoms with Gasteiger partial charge in [-0.2, -0.15) is 0 Å². The van der Waals surface area contributed by atoms with Crippen LogP contribution in [0.15, 0.2) is 73.7 Å². The molecule has 0 aliphatic carbocycles. The maximum Gasteiger partial charge on any atom is 0.144 e. The standard InChI is InChI=1S/C24H36N6/c1-7-13-25-19-20-26(14-8-2)23(25)24-27(15-9-3)21(29(19)17-11-5)22(28(24)16-10-4)30(20)18-12-6/h7-24H,1-6H3/b13-7?,14-8?,15-9?,16-10?,17-11-,18-12+. The van der Waals surface area contributed by atoms with E-state index in [1.165, 1.54) is 0 Å². The summed E-state index contributed by atoms with van der Waals surface area (Å²) in [6.45, 7) is 12.7. The molecule has 0 radical (unpaired) electrons. The number of nitrogens with zero attached hydrogens (tertiary/aromatic N) is 6. The molecule has 6 unspecified atom stereocenters. The average molecular weight is 409 g/mol. The average Bonchev–Trinajstić information content (AvgIpc) is 3.14. The summed E-state index contributed by atoms with van der Waals surface area (Å²) in [6, 6.07) is 0. The smallest absolute Gasteiger partial charge is 0.144 e. The number of piperazine rings is 1. The highest BCUT2D eigenvalue weighted by Gasteiger charge is 2.69. The molecule has 5 aliphatic heterocycles. The third-order valence-electron chi connectivity index (χ3n) is 6.39. The molecule has 5 rings (SSSR count). The third-order valence-corrected chi connectivity index (χ3v) is 6.39. The molecule has 6 nitrogen and oxygen atoms in total. The van der Waals surface area contributed by atoms with Crippen LogP contribution in [0.25, 0.3) is 0 Å². The fourth-order valence-electron chi connectivity index (χ4n) is 5.80. The van der Waals surface area contributed by atoms with Crippen LogP contribution in [0.3, 0.4) is 0 Å². The molecule has 0 aromatic carbocycles. The van der Waals surface area contributed by atoms with Gasteiger partial charge in [-0.25, -0.2) is 0 Å². The maximum atomic E-state index is 2.56. The van der Waals surface area contributed by atoms with Gasteiger partial charge in [0.25, 0.3) is 0 Å². The monoisotopic (exact) mass is 408 g/mol. The topological polar surface area (TPSA) is 19.4 Å². The van der Waals surface area contributed by atoms with Crippen molar-refractivity contribution in [3.8, 4) is 0 Å². The Morgan fingerprint density at radius 1 is 0.300 bits per heavy atom. The molecule has 0 amide bonds. The van der Waals surface area contributed by atoms with Crippen molar-refractivity contribution in [2.45, 2.75) is 78.5 Å². The fourth-order valence-corrected chi connectivity index (χ4v) is 5.80. The summed E-state index contributed by atoms with van der Waals surface area (Å²) >= 11 is 0. The largest absolute Gasteiger partial charge is 0.330 e. The van der Waals surface area contributed by atoms with Crippen molar-refractivity contribution in [2.24, 2.45) is 0 Å². The second-order valence-corrected chi connectivity index (χ2v) is 8.06. The molecule has 5 saturated heterocycles. The van der Waals surface area contributed by atoms with Crippen LogP contribution in [-0.4, -0.2) is 66.4 Å². The van der Waals surface area contributed by atoms with Crippen LogP contribution in [-0.2, 0) is 0 Å². The number of hydrogen-bond acceptors (Lipinski definition) is 6. The molecule has 162 valence electrons. The van der Waals surface area contributed by atoms with Crippen LogP contribution >= 0.6 is 0 Å². The molecule has 6 atom stereocenters. The first-order valence-electron chi connectivity index (χ1n) is 11.1. The van der Waals surface area contributed by atoms with E-state index in [0.717, 1.165) is 0 Å². The van der Waals surface area contributed by atoms with Crippen LogP contribution in [0.5, 0.6) is 0 Å². The zero-order chi connectivity index (χ0) is 21.4. The van der Waals surface area contributed by atoms with Crippen molar-refractivity contribution in [3.63, 3.8) is 0 Å². The molecule has 5 heterocycles. The first kappa shape index (κ1) is 20.5. The number of allylic oxidation sites excluding steroid dienone is 6. The van der Waals surface area contributed by atoms with Gasteiger partial charge in [0.1, 0.15) is 37.0 Å². The highest BCUT2D eigenvalue weighted by atomic mass is 15.8. The van der Waals surface area contributed by atoms with E-state index in [9.17, 15) is 0 Å². The Morgan fingerprint density at radius 2 is 0.433 bits per heavy atom. The third kappa shape index (κ3) is 2.62. The van der Waals surface area contributed by atoms with Gasteiger partial charge in [0.2, 0.25) is 0 Å². The lowest BCUT2D eigenvalue weighted by molar-refractivity contribution is -0.0929. The summed E-state index contributed by atoms with van der Waals surface area (Å²) in [7, 11) is 0. The van der Waals surface area contributed by atoms with Crippen LogP contribution < -0.4 is 0 Å². The maximum absolute atomic E-state index is 2.56. The lowest BCUT2D eigenvalue weighted by atomic mass is 10.1. The van der Waals surface area contributed by atoms with Crippen LogP contribution in [0.4, 0.5) is 0 Å². The lowest BCUT2D eigenvalue weighted by Crippen LogP contribution is -2.70. The van der Waals surface area contributed by atoms with E-state index in [-0.39, 0.29) is 37.0 Å². The van der Waals surface area contributed by atoms with E-state index in [2.05, 4.69) is 145 Å². The molecular weight excluding hydrogens is 372 g/mol. The molecule has 6 bridgehead atoms. The summed E-state index contributed by atoms with van der Waals surface area (Å²) in [6.07, 6.45) is 28.0. The Kier molecular flexibility index (Phi) is 5.58. The van der Waals surface area contributed by atoms with Crippen molar-refractivity contribution in [2.75, 3.05) is 0 Å². The van der Waals surface area contributed by atoms with Gasteiger partial charge in [0, 0.05) is 0 Å². The van der Waals surface area contributed by atoms with Crippen molar-refractivity contribution in [1.29, 1.82) is 0 Å². The normalized spacial score (nSPS) is 35.8. The van der Waals surface area contributed by atoms with E-state index in [1.807, 2.05) is 0 Å². The van der Waals surface area contributed by atoms with Gasteiger partial charge in [-0.15, -0.1) is 0 Å². The van der Waals surface area contributed by atoms with Gasteiger partial charge in [-0.1, -0.05) is 36.5 Å². The Hall–Kier alpha value is -2.76. The van der Waals surface area contributed by atoms with Crippen molar-refractivity contribution in [3.05, 3.63) is 73.7 Å². The Morgan fingerprint density at radius 3 is 0.533 bits per heavy atom. The van der Waals surface area contributed by atoms with Crippen LogP contribution in [0.2, 0.25) is 0 Å². The predicted molar refractivity (Wildman–Crippen MR) is 123 cm³/mol. The highest BCUT2D eigenvalue weighted by Crippen LogP contribution is 2.52. The minimum absolute atomic E-state index is 0.192. The zero-order valence-electron chi connectivity index (χ0n) is 19.1. The summed E-state index contributed by atoms with van der Waals surface area (Å²) < 4.78 is 0. The quantitative estimate of drug-likeness (QED) is 0.657. The van der Waals surface area contributed by atoms with E-state index in [4.69, 9.17) is 0 Å². The van der Waals surface area contributed by atoms with Gasteiger partial charge in [-0.05, 0) is 78.7 Å². The molecule has 30 heavy (non-hydrogen) atoms. The zero-order valence-corrected chi connectivity index (χ0v) is 19.1. The Balaban J connectivity index is 2.03. The predicted octanol–water partition coefficient (Wildman–Crippen LogP) is 4.01. The number of rotatable bonds is 6. The van der Waals surface area contributed by atoms with E-state index < -0.39 is 0 Å². The van der Waals surface area contributed by atoms with Crippen molar-refractivity contribution >= 4 is 0 Å². The fraction of sp³-hybridized carbons (Fsp3) is 0.500. The SMILES string of the molecule is CC=CN1C2C3N(C=CC)C4C(N3C=CC)N(/C=C/C)C(C1N4/C=C\C)N2C=CC. The minimum Gasteiger partial charge on any atom is -0.330 e. The summed E-state index contributed by atoms with van der Waals surface area (Å²) in [5, 5.41) is 0. The van der Waals surface area contributed by atoms with Crippen LogP contribution in [0.1, 0.15) is 41.5 Å². The second-order valence-electron chi connectivity index (χ2n) is 8.06. The molecular formula is C24H36N6. The summed E-state index contributed by atoms with van der Waals surface area (Å²) in [5.74, 6) is 0. The molecule has 6 heteroatoms. The van der Waals surface area contributed by atoms with E-state index in [0.29, 0.717) is 0 Å². The van der Waals surface area contributed by atoms with Gasteiger partial charge in [0.15, 0.2) is 0 Å². The highest BCUT2D eigenvalue weighted by molar-refractivity contribution is 5.25. The number of hydrogen-bond donors (Lipinski definition) is 0. The minimum atomic E-state index is 0.192. The van der Waals surface area contributed by atoms with Gasteiger partial charge in [0.05, 0.1) is 0 Å². The molecule has 0 aromatic rings. The van der Waals surface area contributed by atoms with Gasteiger partial charge < -0.3 is 29.4 Å². The van der Waals surface area contributed by atoms with Crippen LogP contribution in [0, 0.1) is 0 Å². The Labute approximate surface area is 182 Å². The lowest BCUT2D eigenvalue weighted by Gasteiger charge is -2.54.